The van der Waals surface area contributed by atoms with Crippen LogP contribution in [0.15, 0.2) is 0 Å². The van der Waals surface area contributed by atoms with Gasteiger partial charge in [-0.05, 0) is 13.8 Å². The lowest BCUT2D eigenvalue weighted by Gasteiger charge is -2.38. The van der Waals surface area contributed by atoms with E-state index in [4.69, 9.17) is 14.6 Å². The normalized spacial score (nSPS) is 30.1. The molecule has 0 saturated carbocycles. The Balaban J connectivity index is 2.61. The van der Waals surface area contributed by atoms with Gasteiger partial charge in [0, 0.05) is 20.2 Å². The Labute approximate surface area is 90.0 Å². The molecule has 15 heavy (non-hydrogen) atoms. The number of hydrogen-bond acceptors (Lipinski definition) is 4. The highest BCUT2D eigenvalue weighted by molar-refractivity contribution is 5.73. The average molecular weight is 217 g/mol. The number of carbonyl (C=O) groups is 1. The van der Waals surface area contributed by atoms with Gasteiger partial charge in [0.15, 0.2) is 0 Å². The maximum Gasteiger partial charge on any atom is 0.323 e. The van der Waals surface area contributed by atoms with Crippen molar-refractivity contribution in [2.24, 2.45) is 0 Å². The van der Waals surface area contributed by atoms with E-state index in [1.54, 1.807) is 0 Å². The predicted octanol–water partition coefficient (Wildman–Crippen LogP) is 0.195. The fourth-order valence-electron chi connectivity index (χ4n) is 1.96. The highest BCUT2D eigenvalue weighted by Gasteiger charge is 2.31. The van der Waals surface area contributed by atoms with Crippen LogP contribution in [0, 0.1) is 0 Å². The molecule has 0 aromatic rings. The van der Waals surface area contributed by atoms with Gasteiger partial charge in [0.05, 0.1) is 18.8 Å². The van der Waals surface area contributed by atoms with Crippen LogP contribution < -0.4 is 0 Å². The maximum atomic E-state index is 11.0. The zero-order valence-corrected chi connectivity index (χ0v) is 9.47. The topological polar surface area (TPSA) is 59.0 Å². The molecular formula is C10H19NO4. The Morgan fingerprint density at radius 1 is 1.53 bits per heavy atom. The first kappa shape index (κ1) is 12.4. The lowest BCUT2D eigenvalue weighted by Crippen LogP contribution is -2.54. The minimum atomic E-state index is -0.835. The van der Waals surface area contributed by atoms with E-state index < -0.39 is 12.0 Å². The summed E-state index contributed by atoms with van der Waals surface area (Å²) in [5, 5.41) is 9.07. The standard InChI is InChI=1S/C10H19NO4/c1-7-4-11(5-8(2)15-7)9(6-14-3)10(12)13/h7-9H,4-6H2,1-3H3,(H,12,13). The van der Waals surface area contributed by atoms with Crippen LogP contribution in [-0.2, 0) is 14.3 Å². The molecule has 0 spiro atoms. The van der Waals surface area contributed by atoms with E-state index in [9.17, 15) is 4.79 Å². The van der Waals surface area contributed by atoms with Crippen LogP contribution >= 0.6 is 0 Å². The first-order valence-corrected chi connectivity index (χ1v) is 5.15. The van der Waals surface area contributed by atoms with Crippen LogP contribution in [0.25, 0.3) is 0 Å². The Hall–Kier alpha value is -0.650. The summed E-state index contributed by atoms with van der Waals surface area (Å²) in [6, 6.07) is -0.566. The number of methoxy groups -OCH3 is 1. The SMILES string of the molecule is COCC(C(=O)O)N1CC(C)OC(C)C1. The number of ether oxygens (including phenoxy) is 2. The number of nitrogens with zero attached hydrogens (tertiary/aromatic N) is 1. The molecule has 1 aliphatic rings. The van der Waals surface area contributed by atoms with Crippen LogP contribution in [0.1, 0.15) is 13.8 Å². The third kappa shape index (κ3) is 3.44. The highest BCUT2D eigenvalue weighted by Crippen LogP contribution is 2.14. The van der Waals surface area contributed by atoms with E-state index in [2.05, 4.69) is 0 Å². The molecule has 1 heterocycles. The van der Waals surface area contributed by atoms with Gasteiger partial charge >= 0.3 is 5.97 Å². The molecule has 5 heteroatoms. The summed E-state index contributed by atoms with van der Waals surface area (Å²) < 4.78 is 10.5. The summed E-state index contributed by atoms with van der Waals surface area (Å²) in [7, 11) is 1.52. The molecule has 3 atom stereocenters. The third-order valence-corrected chi connectivity index (χ3v) is 2.50. The maximum absolute atomic E-state index is 11.0. The smallest absolute Gasteiger partial charge is 0.323 e. The van der Waals surface area contributed by atoms with Gasteiger partial charge in [-0.25, -0.2) is 0 Å². The molecule has 1 saturated heterocycles. The molecule has 3 unspecified atom stereocenters. The van der Waals surface area contributed by atoms with Crippen LogP contribution in [0.3, 0.4) is 0 Å². The molecule has 88 valence electrons. The van der Waals surface area contributed by atoms with E-state index in [1.165, 1.54) is 7.11 Å². The van der Waals surface area contributed by atoms with Crippen molar-refractivity contribution in [2.45, 2.75) is 32.1 Å². The Morgan fingerprint density at radius 3 is 2.47 bits per heavy atom. The number of aliphatic carboxylic acids is 1. The van der Waals surface area contributed by atoms with Crippen molar-refractivity contribution in [3.63, 3.8) is 0 Å². The first-order chi connectivity index (χ1) is 7.04. The molecule has 0 aromatic carbocycles. The van der Waals surface area contributed by atoms with Gasteiger partial charge < -0.3 is 14.6 Å². The van der Waals surface area contributed by atoms with Crippen molar-refractivity contribution in [3.8, 4) is 0 Å². The largest absolute Gasteiger partial charge is 0.480 e. The molecule has 0 bridgehead atoms. The zero-order chi connectivity index (χ0) is 11.4. The number of hydrogen-bond donors (Lipinski definition) is 1. The number of carboxylic acids is 1. The molecule has 1 aliphatic heterocycles. The highest BCUT2D eigenvalue weighted by atomic mass is 16.5. The first-order valence-electron chi connectivity index (χ1n) is 5.15. The molecule has 0 radical (unpaired) electrons. The number of morpholine rings is 1. The summed E-state index contributed by atoms with van der Waals surface area (Å²) in [4.78, 5) is 12.9. The van der Waals surface area contributed by atoms with Gasteiger partial charge in [0.1, 0.15) is 6.04 Å². The van der Waals surface area contributed by atoms with E-state index in [1.807, 2.05) is 18.7 Å². The van der Waals surface area contributed by atoms with E-state index in [0.717, 1.165) is 0 Å². The van der Waals surface area contributed by atoms with Gasteiger partial charge in [-0.3, -0.25) is 9.69 Å². The molecule has 5 nitrogen and oxygen atoms in total. The van der Waals surface area contributed by atoms with Crippen molar-refractivity contribution in [2.75, 3.05) is 26.8 Å². The van der Waals surface area contributed by atoms with Crippen LogP contribution in [0.5, 0.6) is 0 Å². The second kappa shape index (κ2) is 5.44. The van der Waals surface area contributed by atoms with Gasteiger partial charge in [0.2, 0.25) is 0 Å². The van der Waals surface area contributed by atoms with E-state index >= 15 is 0 Å². The third-order valence-electron chi connectivity index (χ3n) is 2.50. The average Bonchev–Trinajstić information content (AvgIpc) is 2.11. The van der Waals surface area contributed by atoms with Gasteiger partial charge in [-0.15, -0.1) is 0 Å². The molecule has 1 N–H and O–H groups in total. The fourth-order valence-corrected chi connectivity index (χ4v) is 1.96. The summed E-state index contributed by atoms with van der Waals surface area (Å²) in [6.07, 6.45) is 0.153. The van der Waals surface area contributed by atoms with Crippen LogP contribution in [0.2, 0.25) is 0 Å². The number of rotatable bonds is 4. The minimum Gasteiger partial charge on any atom is -0.480 e. The number of carboxylic acid groups (broad SMARTS) is 1. The fraction of sp³-hybridized carbons (Fsp3) is 0.900. The predicted molar refractivity (Wildman–Crippen MR) is 54.9 cm³/mol. The van der Waals surface area contributed by atoms with Gasteiger partial charge in [0.25, 0.3) is 0 Å². The van der Waals surface area contributed by atoms with Gasteiger partial charge in [-0.1, -0.05) is 0 Å². The molecule has 1 rings (SSSR count). The van der Waals surface area contributed by atoms with Crippen LogP contribution in [-0.4, -0.2) is 61.0 Å². The summed E-state index contributed by atoms with van der Waals surface area (Å²) in [5.41, 5.74) is 0. The quantitative estimate of drug-likeness (QED) is 0.728. The van der Waals surface area contributed by atoms with Crippen molar-refractivity contribution in [3.05, 3.63) is 0 Å². The summed E-state index contributed by atoms with van der Waals surface area (Å²) >= 11 is 0. The summed E-state index contributed by atoms with van der Waals surface area (Å²) in [6.45, 7) is 5.41. The molecule has 1 fully saturated rings. The van der Waals surface area contributed by atoms with Crippen molar-refractivity contribution < 1.29 is 19.4 Å². The lowest BCUT2D eigenvalue weighted by molar-refractivity contribution is -0.151. The lowest BCUT2D eigenvalue weighted by atomic mass is 10.1. The van der Waals surface area contributed by atoms with E-state index in [-0.39, 0.29) is 18.8 Å². The van der Waals surface area contributed by atoms with Crippen molar-refractivity contribution >= 4 is 5.97 Å². The minimum absolute atomic E-state index is 0.0763. The zero-order valence-electron chi connectivity index (χ0n) is 9.47. The monoisotopic (exact) mass is 217 g/mol. The van der Waals surface area contributed by atoms with Gasteiger partial charge in [-0.2, -0.15) is 0 Å². The Kier molecular flexibility index (Phi) is 4.50. The van der Waals surface area contributed by atoms with Crippen LogP contribution in [0.4, 0.5) is 0 Å². The van der Waals surface area contributed by atoms with Crippen molar-refractivity contribution in [1.82, 2.24) is 4.90 Å². The molecule has 0 amide bonds. The molecular weight excluding hydrogens is 198 g/mol. The second-order valence-electron chi connectivity index (χ2n) is 4.02. The molecule has 0 aliphatic carbocycles. The Morgan fingerprint density at radius 2 is 2.07 bits per heavy atom. The molecule has 0 aromatic heterocycles. The van der Waals surface area contributed by atoms with E-state index in [0.29, 0.717) is 13.1 Å². The van der Waals surface area contributed by atoms with Crippen molar-refractivity contribution in [1.29, 1.82) is 0 Å². The second-order valence-corrected chi connectivity index (χ2v) is 4.02. The Bertz CT molecular complexity index is 211. The summed E-state index contributed by atoms with van der Waals surface area (Å²) in [5.74, 6) is -0.835.